The summed E-state index contributed by atoms with van der Waals surface area (Å²) in [4.78, 5) is 2.42. The number of furan rings is 1. The van der Waals surface area contributed by atoms with Gasteiger partial charge in [0.1, 0.15) is 11.2 Å². The van der Waals surface area contributed by atoms with Gasteiger partial charge in [-0.3, -0.25) is 0 Å². The molecule has 0 aliphatic rings. The molecular formula is C48H31NO. The fourth-order valence-electron chi connectivity index (χ4n) is 7.65. The third-order valence-corrected chi connectivity index (χ3v) is 10.0. The molecule has 0 radical (unpaired) electrons. The molecule has 0 saturated carbocycles. The quantitative estimate of drug-likeness (QED) is 0.187. The Labute approximate surface area is 290 Å². The molecular weight excluding hydrogens is 607 g/mol. The summed E-state index contributed by atoms with van der Waals surface area (Å²) in [5.41, 5.74) is 9.82. The summed E-state index contributed by atoms with van der Waals surface area (Å²) in [5, 5.41) is 9.42. The van der Waals surface area contributed by atoms with Gasteiger partial charge in [-0.2, -0.15) is 0 Å². The Kier molecular flexibility index (Phi) is 6.53. The van der Waals surface area contributed by atoms with Gasteiger partial charge >= 0.3 is 0 Å². The van der Waals surface area contributed by atoms with Crippen LogP contribution in [0.1, 0.15) is 0 Å². The first-order valence-corrected chi connectivity index (χ1v) is 17.1. The van der Waals surface area contributed by atoms with Gasteiger partial charge in [0.15, 0.2) is 0 Å². The fourth-order valence-corrected chi connectivity index (χ4v) is 7.65. The lowest BCUT2D eigenvalue weighted by Crippen LogP contribution is -2.11. The minimum atomic E-state index is 0.896. The minimum absolute atomic E-state index is 0.896. The highest BCUT2D eigenvalue weighted by Crippen LogP contribution is 2.48. The topological polar surface area (TPSA) is 16.4 Å². The van der Waals surface area contributed by atoms with E-state index in [0.29, 0.717) is 0 Å². The molecule has 0 fully saturated rings. The third kappa shape index (κ3) is 4.57. The molecule has 0 unspecified atom stereocenters. The largest absolute Gasteiger partial charge is 0.455 e. The van der Waals surface area contributed by atoms with Gasteiger partial charge in [0.25, 0.3) is 0 Å². The lowest BCUT2D eigenvalue weighted by atomic mass is 9.93. The van der Waals surface area contributed by atoms with Crippen LogP contribution in [-0.4, -0.2) is 0 Å². The van der Waals surface area contributed by atoms with Crippen molar-refractivity contribution in [2.24, 2.45) is 0 Å². The smallest absolute Gasteiger partial charge is 0.143 e. The molecule has 0 N–H and O–H groups in total. The first-order valence-electron chi connectivity index (χ1n) is 17.1. The van der Waals surface area contributed by atoms with Crippen molar-refractivity contribution in [1.82, 2.24) is 0 Å². The number of fused-ring (bicyclic) bond motifs is 7. The van der Waals surface area contributed by atoms with Gasteiger partial charge in [-0.25, -0.2) is 0 Å². The lowest BCUT2D eigenvalue weighted by Gasteiger charge is -2.29. The van der Waals surface area contributed by atoms with Gasteiger partial charge in [0, 0.05) is 32.8 Å². The highest BCUT2D eigenvalue weighted by Gasteiger charge is 2.23. The van der Waals surface area contributed by atoms with Crippen LogP contribution in [0.2, 0.25) is 0 Å². The van der Waals surface area contributed by atoms with E-state index < -0.39 is 0 Å². The normalized spacial score (nSPS) is 11.6. The summed E-state index contributed by atoms with van der Waals surface area (Å²) in [6, 6.07) is 67.5. The van der Waals surface area contributed by atoms with E-state index in [-0.39, 0.29) is 0 Å². The standard InChI is InChI=1S/C48H31NO/c1-2-14-35-30-36(25-24-32(35)12-1)33-26-28-38(29-27-33)49(44-22-11-16-34-13-3-5-17-39(34)44)45-21-9-7-19-41(45)43-31-37-15-4-6-18-40(37)48-47(43)42-20-8-10-23-46(42)50-48/h1-31H. The van der Waals surface area contributed by atoms with Crippen molar-refractivity contribution in [3.63, 3.8) is 0 Å². The van der Waals surface area contributed by atoms with Gasteiger partial charge in [-0.05, 0) is 80.7 Å². The molecule has 50 heavy (non-hydrogen) atoms. The molecule has 10 aromatic rings. The van der Waals surface area contributed by atoms with E-state index in [4.69, 9.17) is 4.42 Å². The number of anilines is 3. The van der Waals surface area contributed by atoms with Crippen LogP contribution in [0.25, 0.3) is 76.5 Å². The molecule has 0 bridgehead atoms. The highest BCUT2D eigenvalue weighted by molar-refractivity contribution is 6.22. The molecule has 2 heteroatoms. The summed E-state index contributed by atoms with van der Waals surface area (Å²) >= 11 is 0. The third-order valence-electron chi connectivity index (χ3n) is 10.0. The predicted molar refractivity (Wildman–Crippen MR) is 212 cm³/mol. The molecule has 0 amide bonds. The maximum Gasteiger partial charge on any atom is 0.143 e. The zero-order chi connectivity index (χ0) is 33.0. The van der Waals surface area contributed by atoms with Gasteiger partial charge < -0.3 is 9.32 Å². The zero-order valence-corrected chi connectivity index (χ0v) is 27.3. The van der Waals surface area contributed by atoms with E-state index in [1.807, 2.05) is 6.07 Å². The summed E-state index contributed by atoms with van der Waals surface area (Å²) in [7, 11) is 0. The van der Waals surface area contributed by atoms with Crippen LogP contribution in [0, 0.1) is 0 Å². The molecule has 1 aromatic heterocycles. The van der Waals surface area contributed by atoms with Gasteiger partial charge in [-0.1, -0.05) is 146 Å². The van der Waals surface area contributed by atoms with Crippen LogP contribution in [0.3, 0.4) is 0 Å². The maximum atomic E-state index is 6.62. The van der Waals surface area contributed by atoms with Gasteiger partial charge in [0.2, 0.25) is 0 Å². The number of hydrogen-bond acceptors (Lipinski definition) is 2. The molecule has 1 heterocycles. The van der Waals surface area contributed by atoms with Crippen molar-refractivity contribution < 1.29 is 4.42 Å². The fraction of sp³-hybridized carbons (Fsp3) is 0. The molecule has 9 aromatic carbocycles. The first kappa shape index (κ1) is 28.4. The molecule has 234 valence electrons. The van der Waals surface area contributed by atoms with Crippen LogP contribution in [-0.2, 0) is 0 Å². The molecule has 0 saturated heterocycles. The van der Waals surface area contributed by atoms with E-state index >= 15 is 0 Å². The van der Waals surface area contributed by atoms with E-state index in [1.54, 1.807) is 0 Å². The number of benzene rings is 9. The van der Waals surface area contributed by atoms with E-state index in [0.717, 1.165) is 60.9 Å². The van der Waals surface area contributed by atoms with Crippen molar-refractivity contribution in [1.29, 1.82) is 0 Å². The van der Waals surface area contributed by atoms with E-state index in [2.05, 4.69) is 187 Å². The van der Waals surface area contributed by atoms with Crippen LogP contribution < -0.4 is 4.90 Å². The zero-order valence-electron chi connectivity index (χ0n) is 27.3. The second kappa shape index (κ2) is 11.5. The Balaban J connectivity index is 1.22. The summed E-state index contributed by atoms with van der Waals surface area (Å²) in [6.45, 7) is 0. The van der Waals surface area contributed by atoms with Crippen molar-refractivity contribution in [3.8, 4) is 22.3 Å². The van der Waals surface area contributed by atoms with Gasteiger partial charge in [-0.15, -0.1) is 0 Å². The van der Waals surface area contributed by atoms with Crippen molar-refractivity contribution in [2.75, 3.05) is 4.90 Å². The number of nitrogens with zero attached hydrogens (tertiary/aromatic N) is 1. The summed E-state index contributed by atoms with van der Waals surface area (Å²) in [6.07, 6.45) is 0. The lowest BCUT2D eigenvalue weighted by molar-refractivity contribution is 0.673. The van der Waals surface area contributed by atoms with Crippen LogP contribution in [0.15, 0.2) is 192 Å². The Morgan fingerprint density at radius 3 is 1.84 bits per heavy atom. The van der Waals surface area contributed by atoms with Crippen LogP contribution in [0.5, 0.6) is 0 Å². The van der Waals surface area contributed by atoms with Crippen molar-refractivity contribution in [3.05, 3.63) is 188 Å². The Bertz CT molecular complexity index is 2870. The molecule has 2 nitrogen and oxygen atoms in total. The molecule has 0 aliphatic heterocycles. The monoisotopic (exact) mass is 637 g/mol. The summed E-state index contributed by atoms with van der Waals surface area (Å²) in [5.74, 6) is 0. The van der Waals surface area contributed by atoms with Crippen LogP contribution >= 0.6 is 0 Å². The predicted octanol–water partition coefficient (Wildman–Crippen LogP) is 13.8. The minimum Gasteiger partial charge on any atom is -0.455 e. The molecule has 0 aliphatic carbocycles. The maximum absolute atomic E-state index is 6.62. The first-order chi connectivity index (χ1) is 24.8. The Morgan fingerprint density at radius 2 is 0.980 bits per heavy atom. The SMILES string of the molecule is c1ccc(N(c2ccc(-c3ccc4ccccc4c3)cc2)c2cccc3ccccc23)c(-c2cc3ccccc3c3oc4ccccc4c23)c1. The molecule has 0 spiro atoms. The van der Waals surface area contributed by atoms with Crippen LogP contribution in [0.4, 0.5) is 17.1 Å². The van der Waals surface area contributed by atoms with E-state index in [9.17, 15) is 0 Å². The summed E-state index contributed by atoms with van der Waals surface area (Å²) < 4.78 is 6.62. The van der Waals surface area contributed by atoms with Gasteiger partial charge in [0.05, 0.1) is 11.4 Å². The average molecular weight is 638 g/mol. The Morgan fingerprint density at radius 1 is 0.360 bits per heavy atom. The van der Waals surface area contributed by atoms with Crippen molar-refractivity contribution in [2.45, 2.75) is 0 Å². The van der Waals surface area contributed by atoms with Crippen molar-refractivity contribution >= 4 is 71.3 Å². The highest BCUT2D eigenvalue weighted by atomic mass is 16.3. The number of rotatable bonds is 5. The number of para-hydroxylation sites is 2. The second-order valence-corrected chi connectivity index (χ2v) is 12.9. The Hall–Kier alpha value is -6.64. The van der Waals surface area contributed by atoms with E-state index in [1.165, 1.54) is 32.7 Å². The number of hydrogen-bond donors (Lipinski definition) is 0. The molecule has 10 rings (SSSR count). The molecule has 0 atom stereocenters. The average Bonchev–Trinajstić information content (AvgIpc) is 3.58. The second-order valence-electron chi connectivity index (χ2n) is 12.9.